The molecule has 1 N–H and O–H groups in total. The Morgan fingerprint density at radius 3 is 2.96 bits per heavy atom. The van der Waals surface area contributed by atoms with Gasteiger partial charge in [-0.05, 0) is 30.7 Å². The van der Waals surface area contributed by atoms with Crippen molar-refractivity contribution in [1.29, 1.82) is 0 Å². The highest BCUT2D eigenvalue weighted by Crippen LogP contribution is 2.29. The summed E-state index contributed by atoms with van der Waals surface area (Å²) in [5.41, 5.74) is 1.17. The maximum absolute atomic E-state index is 11.7. The third kappa shape index (κ3) is 3.24. The molecule has 0 saturated heterocycles. The standard InChI is InChI=1S/C16H17N3O3S/c1-3-8-22-13-9-10(23(2)21)4-5-11(13)15-17-12-6-7-14(20)18-16(12)19-15/h4-6,9H,3,7-8H2,1-2H3,(H,17,18,19,20). The van der Waals surface area contributed by atoms with Crippen molar-refractivity contribution in [3.63, 3.8) is 0 Å². The number of hydrogen-bond acceptors (Lipinski definition) is 4. The second kappa shape index (κ2) is 6.45. The number of carbonyl (C=O) groups excluding carboxylic acids is 1. The van der Waals surface area contributed by atoms with Crippen LogP contribution in [0.25, 0.3) is 17.5 Å². The first-order valence-electron chi connectivity index (χ1n) is 7.37. The molecule has 1 aliphatic rings. The van der Waals surface area contributed by atoms with Crippen molar-refractivity contribution < 1.29 is 13.7 Å². The molecule has 3 rings (SSSR count). The normalized spacial score (nSPS) is 14.6. The minimum absolute atomic E-state index is 0.199. The molecule has 1 aromatic carbocycles. The predicted octanol–water partition coefficient (Wildman–Crippen LogP) is 0.933. The monoisotopic (exact) mass is 331 g/mol. The molecular formula is C16H17N3O3S. The molecule has 6 nitrogen and oxygen atoms in total. The predicted molar refractivity (Wildman–Crippen MR) is 87.0 cm³/mol. The molecule has 1 aliphatic heterocycles. The topological polar surface area (TPSA) is 84.4 Å². The fourth-order valence-corrected chi connectivity index (χ4v) is 2.83. The third-order valence-electron chi connectivity index (χ3n) is 3.42. The Hall–Kier alpha value is -2.28. The number of rotatable bonds is 5. The molecule has 2 heterocycles. The van der Waals surface area contributed by atoms with Crippen LogP contribution in [-0.2, 0) is 15.6 Å². The van der Waals surface area contributed by atoms with Crippen molar-refractivity contribution in [2.24, 2.45) is 4.99 Å². The molecular weight excluding hydrogens is 314 g/mol. The molecule has 23 heavy (non-hydrogen) atoms. The van der Waals surface area contributed by atoms with Gasteiger partial charge in [0.1, 0.15) is 11.6 Å². The average Bonchev–Trinajstić information content (AvgIpc) is 2.95. The number of H-pyrrole nitrogens is 1. The Morgan fingerprint density at radius 2 is 2.22 bits per heavy atom. The zero-order chi connectivity index (χ0) is 16.4. The van der Waals surface area contributed by atoms with Gasteiger partial charge in [-0.2, -0.15) is 4.99 Å². The van der Waals surface area contributed by atoms with Gasteiger partial charge in [-0.15, -0.1) is 0 Å². The number of benzene rings is 1. The first-order valence-corrected chi connectivity index (χ1v) is 8.92. The van der Waals surface area contributed by atoms with E-state index in [0.717, 1.165) is 17.3 Å². The highest BCUT2D eigenvalue weighted by molar-refractivity contribution is 7.84. The molecule has 7 heteroatoms. The maximum Gasteiger partial charge on any atom is 0.251 e. The fraction of sp³-hybridized carbons (Fsp3) is 0.312. The van der Waals surface area contributed by atoms with Crippen LogP contribution in [0.1, 0.15) is 19.8 Å². The number of hydrogen-bond donors (Lipinski definition) is 1. The van der Waals surface area contributed by atoms with Gasteiger partial charge < -0.3 is 9.72 Å². The van der Waals surface area contributed by atoms with Gasteiger partial charge >= 0.3 is 0 Å². The van der Waals surface area contributed by atoms with E-state index in [0.29, 0.717) is 28.6 Å². The Balaban J connectivity index is 2.10. The SMILES string of the molecule is CCCOc1cc(S(C)=O)ccc1-c1nc2c([nH]1)=CCC(=O)N=2. The summed E-state index contributed by atoms with van der Waals surface area (Å²) in [6.07, 6.45) is 4.56. The van der Waals surface area contributed by atoms with E-state index in [4.69, 9.17) is 4.74 Å². The molecule has 0 fully saturated rings. The highest BCUT2D eigenvalue weighted by Gasteiger charge is 2.14. The third-order valence-corrected chi connectivity index (χ3v) is 4.34. The molecule has 1 amide bonds. The fourth-order valence-electron chi connectivity index (χ4n) is 2.29. The van der Waals surface area contributed by atoms with Crippen molar-refractivity contribution in [1.82, 2.24) is 9.97 Å². The van der Waals surface area contributed by atoms with Gasteiger partial charge in [0.25, 0.3) is 5.91 Å². The van der Waals surface area contributed by atoms with Gasteiger partial charge in [0.2, 0.25) is 0 Å². The van der Waals surface area contributed by atoms with E-state index in [1.54, 1.807) is 24.5 Å². The van der Waals surface area contributed by atoms with Crippen molar-refractivity contribution in [2.45, 2.75) is 24.7 Å². The van der Waals surface area contributed by atoms with E-state index in [2.05, 4.69) is 15.0 Å². The van der Waals surface area contributed by atoms with Gasteiger partial charge in [0.05, 0.1) is 17.5 Å². The zero-order valence-electron chi connectivity index (χ0n) is 13.0. The Labute approximate surface area is 135 Å². The smallest absolute Gasteiger partial charge is 0.251 e. The minimum Gasteiger partial charge on any atom is -0.493 e. The first-order chi connectivity index (χ1) is 11.1. The van der Waals surface area contributed by atoms with Crippen molar-refractivity contribution in [2.75, 3.05) is 12.9 Å². The van der Waals surface area contributed by atoms with E-state index in [9.17, 15) is 9.00 Å². The molecule has 0 bridgehead atoms. The lowest BCUT2D eigenvalue weighted by atomic mass is 10.2. The van der Waals surface area contributed by atoms with Crippen molar-refractivity contribution in [3.05, 3.63) is 29.0 Å². The summed E-state index contributed by atoms with van der Waals surface area (Å²) in [6.45, 7) is 2.58. The average molecular weight is 331 g/mol. The molecule has 0 spiro atoms. The number of aromatic nitrogens is 2. The van der Waals surface area contributed by atoms with E-state index in [1.165, 1.54) is 0 Å². The lowest BCUT2D eigenvalue weighted by Crippen LogP contribution is -2.29. The Bertz CT molecular complexity index is 902. The van der Waals surface area contributed by atoms with Crippen LogP contribution < -0.4 is 15.6 Å². The van der Waals surface area contributed by atoms with Crippen molar-refractivity contribution >= 4 is 22.8 Å². The molecule has 1 aromatic heterocycles. The van der Waals surface area contributed by atoms with Gasteiger partial charge in [-0.25, -0.2) is 4.98 Å². The van der Waals surface area contributed by atoms with Crippen LogP contribution in [0.4, 0.5) is 0 Å². The van der Waals surface area contributed by atoms with Crippen LogP contribution in [0, 0.1) is 0 Å². The highest BCUT2D eigenvalue weighted by atomic mass is 32.2. The molecule has 1 unspecified atom stereocenters. The number of nitrogens with zero attached hydrogens (tertiary/aromatic N) is 2. The number of carbonyl (C=O) groups is 1. The Morgan fingerprint density at radius 1 is 1.39 bits per heavy atom. The van der Waals surface area contributed by atoms with Gasteiger partial charge in [0, 0.05) is 28.4 Å². The summed E-state index contributed by atoms with van der Waals surface area (Å²) >= 11 is 0. The summed E-state index contributed by atoms with van der Waals surface area (Å²) in [6, 6.07) is 5.39. The van der Waals surface area contributed by atoms with Gasteiger partial charge in [-0.1, -0.05) is 6.92 Å². The van der Waals surface area contributed by atoms with E-state index >= 15 is 0 Å². The van der Waals surface area contributed by atoms with Crippen LogP contribution >= 0.6 is 0 Å². The molecule has 2 aromatic rings. The van der Waals surface area contributed by atoms with E-state index in [-0.39, 0.29) is 12.3 Å². The number of fused-ring (bicyclic) bond motifs is 1. The molecule has 0 radical (unpaired) electrons. The molecule has 0 aliphatic carbocycles. The number of aromatic amines is 1. The lowest BCUT2D eigenvalue weighted by Gasteiger charge is -2.10. The van der Waals surface area contributed by atoms with Crippen LogP contribution in [-0.4, -0.2) is 32.9 Å². The zero-order valence-corrected chi connectivity index (χ0v) is 13.8. The molecule has 1 atom stereocenters. The summed E-state index contributed by atoms with van der Waals surface area (Å²) < 4.78 is 17.5. The summed E-state index contributed by atoms with van der Waals surface area (Å²) in [5.74, 6) is 1.01. The molecule has 0 saturated carbocycles. The van der Waals surface area contributed by atoms with Gasteiger partial charge in [-0.3, -0.25) is 9.00 Å². The van der Waals surface area contributed by atoms with Crippen molar-refractivity contribution in [3.8, 4) is 17.1 Å². The maximum atomic E-state index is 11.7. The largest absolute Gasteiger partial charge is 0.493 e. The quantitative estimate of drug-likeness (QED) is 0.883. The number of nitrogens with one attached hydrogen (secondary N) is 1. The van der Waals surface area contributed by atoms with E-state index in [1.807, 2.05) is 13.0 Å². The summed E-state index contributed by atoms with van der Waals surface area (Å²) in [7, 11) is -1.09. The second-order valence-corrected chi connectivity index (χ2v) is 6.58. The summed E-state index contributed by atoms with van der Waals surface area (Å²) in [5, 5.41) is 0.740. The lowest BCUT2D eigenvalue weighted by molar-refractivity contribution is -0.117. The first kappa shape index (κ1) is 15.6. The molecule has 120 valence electrons. The number of imidazole rings is 1. The Kier molecular flexibility index (Phi) is 4.38. The van der Waals surface area contributed by atoms with Crippen LogP contribution in [0.5, 0.6) is 5.75 Å². The number of amides is 1. The van der Waals surface area contributed by atoms with Crippen LogP contribution in [0.3, 0.4) is 0 Å². The van der Waals surface area contributed by atoms with Gasteiger partial charge in [0.15, 0.2) is 5.49 Å². The summed E-state index contributed by atoms with van der Waals surface area (Å²) in [4.78, 5) is 23.6. The number of ether oxygens (including phenoxy) is 1. The van der Waals surface area contributed by atoms with E-state index < -0.39 is 10.8 Å². The van der Waals surface area contributed by atoms with Crippen LogP contribution in [0.2, 0.25) is 0 Å². The van der Waals surface area contributed by atoms with Crippen LogP contribution in [0.15, 0.2) is 28.1 Å². The minimum atomic E-state index is -1.09. The second-order valence-electron chi connectivity index (χ2n) is 5.20.